The van der Waals surface area contributed by atoms with E-state index in [-0.39, 0.29) is 0 Å². The van der Waals surface area contributed by atoms with Crippen molar-refractivity contribution in [3.63, 3.8) is 0 Å². The Balaban J connectivity index is 3.45. The highest BCUT2D eigenvalue weighted by atomic mass is 32.2. The van der Waals surface area contributed by atoms with Crippen LogP contribution in [0.2, 0.25) is 0 Å². The number of hydrogen-bond acceptors (Lipinski definition) is 2. The van der Waals surface area contributed by atoms with Crippen molar-refractivity contribution in [1.82, 2.24) is 0 Å². The second kappa shape index (κ2) is 4.11. The molecule has 0 aromatic heterocycles. The molecule has 0 saturated carbocycles. The summed E-state index contributed by atoms with van der Waals surface area (Å²) >= 11 is -3.20. The summed E-state index contributed by atoms with van der Waals surface area (Å²) in [4.78, 5) is 0. The van der Waals surface area contributed by atoms with Gasteiger partial charge in [-0.3, -0.25) is 4.55 Å². The van der Waals surface area contributed by atoms with Gasteiger partial charge in [-0.15, -0.1) is 0 Å². The minimum Gasteiger partial charge on any atom is -0.374 e. The van der Waals surface area contributed by atoms with Crippen LogP contribution in [0.1, 0.15) is 0 Å². The van der Waals surface area contributed by atoms with Gasteiger partial charge in [0.25, 0.3) is 0 Å². The van der Waals surface area contributed by atoms with E-state index >= 15 is 0 Å². The Bertz CT molecular complexity index is 406. The molecule has 0 fully saturated rings. The molecule has 1 aromatic carbocycles. The fraction of sp³-hybridized carbons (Fsp3) is 0. The molecule has 3 nitrogen and oxygen atoms in total. The average Bonchev–Trinajstić information content (AvgIpc) is 2.18. The molecule has 0 radical (unpaired) electrons. The van der Waals surface area contributed by atoms with Gasteiger partial charge in [0, 0.05) is 0 Å². The first kappa shape index (κ1) is 11.9. The maximum absolute atomic E-state index is 12.7. The quantitative estimate of drug-likeness (QED) is 0.376. The summed E-state index contributed by atoms with van der Waals surface area (Å²) in [6, 6.07) is 0. The Kier molecular flexibility index (Phi) is 3.25. The highest BCUT2D eigenvalue weighted by Gasteiger charge is 2.28. The van der Waals surface area contributed by atoms with Gasteiger partial charge >= 0.3 is 11.4 Å². The van der Waals surface area contributed by atoms with Crippen LogP contribution in [0, 0.1) is 29.1 Å². The Hall–Kier alpha value is -1.22. The van der Waals surface area contributed by atoms with E-state index in [4.69, 9.17) is 4.55 Å². The summed E-state index contributed by atoms with van der Waals surface area (Å²) in [7, 11) is 0. The molecule has 0 aliphatic heterocycles. The first-order chi connectivity index (χ1) is 6.86. The van der Waals surface area contributed by atoms with Crippen LogP contribution in [0.5, 0.6) is 5.75 Å². The van der Waals surface area contributed by atoms with Gasteiger partial charge in [0.05, 0.1) is 0 Å². The highest BCUT2D eigenvalue weighted by Crippen LogP contribution is 2.29. The number of hydrogen-bond donors (Lipinski definition) is 1. The lowest BCUT2D eigenvalue weighted by molar-refractivity contribution is 0.343. The van der Waals surface area contributed by atoms with Gasteiger partial charge in [0.2, 0.25) is 34.8 Å². The Morgan fingerprint density at radius 1 is 0.867 bits per heavy atom. The third-order valence-electron chi connectivity index (χ3n) is 1.32. The molecule has 1 aromatic rings. The van der Waals surface area contributed by atoms with Crippen molar-refractivity contribution in [2.75, 3.05) is 0 Å². The average molecular weight is 248 g/mol. The van der Waals surface area contributed by atoms with Crippen LogP contribution >= 0.6 is 0 Å². The minimum atomic E-state index is -3.20. The zero-order valence-electron chi connectivity index (χ0n) is 6.56. The summed E-state index contributed by atoms with van der Waals surface area (Å²) in [5.74, 6) is -13.3. The number of benzene rings is 1. The fourth-order valence-corrected chi connectivity index (χ4v) is 1.02. The van der Waals surface area contributed by atoms with Crippen LogP contribution in [0.25, 0.3) is 0 Å². The molecule has 0 spiro atoms. The zero-order chi connectivity index (χ0) is 11.7. The van der Waals surface area contributed by atoms with E-state index < -0.39 is 46.2 Å². The molecule has 1 unspecified atom stereocenters. The zero-order valence-corrected chi connectivity index (χ0v) is 7.38. The fourth-order valence-electron chi connectivity index (χ4n) is 0.729. The van der Waals surface area contributed by atoms with Crippen molar-refractivity contribution in [2.45, 2.75) is 0 Å². The van der Waals surface area contributed by atoms with Gasteiger partial charge in [0.1, 0.15) is 0 Å². The molecule has 0 aliphatic rings. The summed E-state index contributed by atoms with van der Waals surface area (Å²) in [5.41, 5.74) is 0. The number of halogens is 5. The molecular weight excluding hydrogens is 247 g/mol. The Morgan fingerprint density at radius 2 is 1.20 bits per heavy atom. The van der Waals surface area contributed by atoms with E-state index in [1.54, 1.807) is 0 Å². The predicted molar refractivity (Wildman–Crippen MR) is 37.6 cm³/mol. The van der Waals surface area contributed by atoms with E-state index in [2.05, 4.69) is 4.18 Å². The van der Waals surface area contributed by atoms with Crippen LogP contribution in [0.15, 0.2) is 0 Å². The second-order valence-electron chi connectivity index (χ2n) is 2.20. The molecule has 15 heavy (non-hydrogen) atoms. The van der Waals surface area contributed by atoms with Crippen molar-refractivity contribution in [3.05, 3.63) is 29.1 Å². The first-order valence-corrected chi connectivity index (χ1v) is 4.20. The summed E-state index contributed by atoms with van der Waals surface area (Å²) in [5, 5.41) is 0. The second-order valence-corrected chi connectivity index (χ2v) is 2.80. The lowest BCUT2D eigenvalue weighted by Gasteiger charge is -2.05. The van der Waals surface area contributed by atoms with Crippen molar-refractivity contribution >= 4 is 11.4 Å². The summed E-state index contributed by atoms with van der Waals surface area (Å²) in [6.07, 6.45) is 0. The van der Waals surface area contributed by atoms with Gasteiger partial charge in [-0.1, -0.05) is 0 Å². The molecule has 84 valence electrons. The van der Waals surface area contributed by atoms with Gasteiger partial charge in [0.15, 0.2) is 0 Å². The van der Waals surface area contributed by atoms with E-state index in [1.807, 2.05) is 0 Å². The lowest BCUT2D eigenvalue weighted by Crippen LogP contribution is -2.08. The van der Waals surface area contributed by atoms with Crippen molar-refractivity contribution in [2.24, 2.45) is 0 Å². The molecular formula is C6HF5O3S. The lowest BCUT2D eigenvalue weighted by atomic mass is 10.3. The molecule has 1 rings (SSSR count). The van der Waals surface area contributed by atoms with Crippen LogP contribution < -0.4 is 4.18 Å². The van der Waals surface area contributed by atoms with E-state index in [0.717, 1.165) is 0 Å². The molecule has 0 heterocycles. The van der Waals surface area contributed by atoms with Crippen molar-refractivity contribution in [1.29, 1.82) is 0 Å². The maximum atomic E-state index is 12.7. The van der Waals surface area contributed by atoms with Gasteiger partial charge < -0.3 is 4.18 Å². The third-order valence-corrected chi connectivity index (χ3v) is 1.63. The smallest absolute Gasteiger partial charge is 0.357 e. The van der Waals surface area contributed by atoms with E-state index in [0.29, 0.717) is 0 Å². The summed E-state index contributed by atoms with van der Waals surface area (Å²) in [6.45, 7) is 0. The monoisotopic (exact) mass is 248 g/mol. The van der Waals surface area contributed by atoms with Crippen LogP contribution in [0.4, 0.5) is 22.0 Å². The third kappa shape index (κ3) is 2.07. The van der Waals surface area contributed by atoms with E-state index in [1.165, 1.54) is 0 Å². The largest absolute Gasteiger partial charge is 0.374 e. The predicted octanol–water partition coefficient (Wildman–Crippen LogP) is 1.90. The molecule has 0 amide bonds. The minimum absolute atomic E-state index is 1.80. The molecule has 9 heteroatoms. The van der Waals surface area contributed by atoms with Gasteiger partial charge in [-0.05, 0) is 0 Å². The van der Waals surface area contributed by atoms with Crippen LogP contribution in [0.3, 0.4) is 0 Å². The number of rotatable bonds is 2. The Morgan fingerprint density at radius 3 is 1.53 bits per heavy atom. The van der Waals surface area contributed by atoms with Crippen molar-refractivity contribution in [3.8, 4) is 5.75 Å². The molecule has 1 N–H and O–H groups in total. The van der Waals surface area contributed by atoms with Gasteiger partial charge in [-0.25, -0.2) is 13.2 Å². The van der Waals surface area contributed by atoms with Crippen LogP contribution in [-0.2, 0) is 11.4 Å². The standard InChI is InChI=1S/C6HF5O3S/c7-1-2(8)4(10)6(14-15(12)13)5(11)3(1)9/h(H,12,13). The molecule has 0 bridgehead atoms. The topological polar surface area (TPSA) is 46.5 Å². The van der Waals surface area contributed by atoms with Crippen molar-refractivity contribution < 1.29 is 34.9 Å². The van der Waals surface area contributed by atoms with Gasteiger partial charge in [-0.2, -0.15) is 13.0 Å². The highest BCUT2D eigenvalue weighted by molar-refractivity contribution is 7.74. The summed E-state index contributed by atoms with van der Waals surface area (Å²) < 4.78 is 84.2. The van der Waals surface area contributed by atoms with E-state index in [9.17, 15) is 26.2 Å². The molecule has 0 saturated heterocycles. The molecule has 1 atom stereocenters. The molecule has 0 aliphatic carbocycles. The SMILES string of the molecule is O=S(O)Oc1c(F)c(F)c(F)c(F)c1F. The normalized spacial score (nSPS) is 12.7. The Labute approximate surface area is 82.0 Å². The maximum Gasteiger partial charge on any atom is 0.357 e. The van der Waals surface area contributed by atoms with Crippen LogP contribution in [-0.4, -0.2) is 8.76 Å². The first-order valence-electron chi connectivity index (χ1n) is 3.16.